The van der Waals surface area contributed by atoms with Crippen LogP contribution in [-0.4, -0.2) is 24.5 Å². The van der Waals surface area contributed by atoms with Gasteiger partial charge in [-0.3, -0.25) is 9.59 Å². The molecule has 0 fully saturated rings. The van der Waals surface area contributed by atoms with Gasteiger partial charge in [0.2, 0.25) is 5.91 Å². The Morgan fingerprint density at radius 1 is 1.35 bits per heavy atom. The second-order valence-corrected chi connectivity index (χ2v) is 4.88. The average Bonchev–Trinajstić information content (AvgIpc) is 2.34. The molecule has 0 spiro atoms. The van der Waals surface area contributed by atoms with Gasteiger partial charge in [0.25, 0.3) is 0 Å². The van der Waals surface area contributed by atoms with Crippen molar-refractivity contribution in [3.8, 4) is 0 Å². The van der Waals surface area contributed by atoms with Gasteiger partial charge in [0, 0.05) is 23.9 Å². The SMILES string of the molecule is CNC(=O)CCCSc1cccc(C(C)=O)c1. The third-order valence-corrected chi connectivity index (χ3v) is 3.42. The molecular formula is C13H17NO2S. The van der Waals surface area contributed by atoms with Crippen LogP contribution in [0.4, 0.5) is 0 Å². The van der Waals surface area contributed by atoms with Crippen molar-refractivity contribution in [1.29, 1.82) is 0 Å². The van der Waals surface area contributed by atoms with Crippen molar-refractivity contribution in [3.63, 3.8) is 0 Å². The average molecular weight is 251 g/mol. The van der Waals surface area contributed by atoms with Crippen molar-refractivity contribution >= 4 is 23.5 Å². The summed E-state index contributed by atoms with van der Waals surface area (Å²) in [6.07, 6.45) is 1.39. The third kappa shape index (κ3) is 5.04. The van der Waals surface area contributed by atoms with Gasteiger partial charge in [-0.1, -0.05) is 12.1 Å². The highest BCUT2D eigenvalue weighted by molar-refractivity contribution is 7.99. The fourth-order valence-electron chi connectivity index (χ4n) is 1.35. The maximum absolute atomic E-state index is 11.2. The molecule has 1 N–H and O–H groups in total. The van der Waals surface area contributed by atoms with E-state index in [1.54, 1.807) is 25.7 Å². The lowest BCUT2D eigenvalue weighted by molar-refractivity contribution is -0.120. The molecular weight excluding hydrogens is 234 g/mol. The number of Topliss-reactive ketones (excluding diaryl/α,β-unsaturated/α-hetero) is 1. The zero-order valence-electron chi connectivity index (χ0n) is 10.2. The van der Waals surface area contributed by atoms with E-state index in [0.717, 1.165) is 22.6 Å². The van der Waals surface area contributed by atoms with Gasteiger partial charge >= 0.3 is 0 Å². The molecule has 1 rings (SSSR count). The Morgan fingerprint density at radius 3 is 2.76 bits per heavy atom. The van der Waals surface area contributed by atoms with E-state index >= 15 is 0 Å². The van der Waals surface area contributed by atoms with Crippen molar-refractivity contribution in [1.82, 2.24) is 5.32 Å². The maximum atomic E-state index is 11.2. The first-order valence-corrected chi connectivity index (χ1v) is 6.56. The lowest BCUT2D eigenvalue weighted by Crippen LogP contribution is -2.17. The van der Waals surface area contributed by atoms with Crippen molar-refractivity contribution in [3.05, 3.63) is 29.8 Å². The van der Waals surface area contributed by atoms with Gasteiger partial charge in [-0.25, -0.2) is 0 Å². The molecule has 1 aromatic rings. The minimum absolute atomic E-state index is 0.0723. The van der Waals surface area contributed by atoms with Crippen LogP contribution in [0, 0.1) is 0 Å². The number of rotatable bonds is 6. The van der Waals surface area contributed by atoms with E-state index in [1.165, 1.54) is 0 Å². The van der Waals surface area contributed by atoms with E-state index in [4.69, 9.17) is 0 Å². The lowest BCUT2D eigenvalue weighted by atomic mass is 10.2. The van der Waals surface area contributed by atoms with E-state index in [-0.39, 0.29) is 11.7 Å². The van der Waals surface area contributed by atoms with E-state index in [1.807, 2.05) is 24.3 Å². The lowest BCUT2D eigenvalue weighted by Gasteiger charge is -2.03. The number of hydrogen-bond acceptors (Lipinski definition) is 3. The monoisotopic (exact) mass is 251 g/mol. The molecule has 4 heteroatoms. The van der Waals surface area contributed by atoms with Crippen LogP contribution in [-0.2, 0) is 4.79 Å². The fraction of sp³-hybridized carbons (Fsp3) is 0.385. The number of benzene rings is 1. The molecule has 0 unspecified atom stereocenters. The normalized spacial score (nSPS) is 10.0. The van der Waals surface area contributed by atoms with Crippen LogP contribution in [0.2, 0.25) is 0 Å². The highest BCUT2D eigenvalue weighted by Gasteiger charge is 2.02. The summed E-state index contributed by atoms with van der Waals surface area (Å²) in [4.78, 5) is 23.3. The summed E-state index contributed by atoms with van der Waals surface area (Å²) >= 11 is 1.67. The summed E-state index contributed by atoms with van der Waals surface area (Å²) in [7, 11) is 1.64. The highest BCUT2D eigenvalue weighted by Crippen LogP contribution is 2.20. The van der Waals surface area contributed by atoms with E-state index < -0.39 is 0 Å². The molecule has 92 valence electrons. The van der Waals surface area contributed by atoms with Crippen molar-refractivity contribution in [2.45, 2.75) is 24.7 Å². The van der Waals surface area contributed by atoms with Gasteiger partial charge in [-0.05, 0) is 31.2 Å². The number of ketones is 1. The molecule has 0 saturated heterocycles. The van der Waals surface area contributed by atoms with Gasteiger partial charge in [0.1, 0.15) is 0 Å². The molecule has 1 amide bonds. The summed E-state index contributed by atoms with van der Waals surface area (Å²) in [6.45, 7) is 1.56. The molecule has 3 nitrogen and oxygen atoms in total. The molecule has 0 aliphatic carbocycles. The number of carbonyl (C=O) groups is 2. The third-order valence-electron chi connectivity index (χ3n) is 2.34. The summed E-state index contributed by atoms with van der Waals surface area (Å²) in [5, 5.41) is 2.59. The number of hydrogen-bond donors (Lipinski definition) is 1. The first-order chi connectivity index (χ1) is 8.13. The molecule has 0 atom stereocenters. The molecule has 17 heavy (non-hydrogen) atoms. The van der Waals surface area contributed by atoms with Crippen LogP contribution in [0.3, 0.4) is 0 Å². The molecule has 0 bridgehead atoms. The van der Waals surface area contributed by atoms with Crippen LogP contribution >= 0.6 is 11.8 Å². The summed E-state index contributed by atoms with van der Waals surface area (Å²) in [5.74, 6) is 1.04. The first-order valence-electron chi connectivity index (χ1n) is 5.58. The summed E-state index contributed by atoms with van der Waals surface area (Å²) < 4.78 is 0. The Bertz CT molecular complexity index is 404. The minimum Gasteiger partial charge on any atom is -0.359 e. The van der Waals surface area contributed by atoms with E-state index in [2.05, 4.69) is 5.32 Å². The van der Waals surface area contributed by atoms with Crippen molar-refractivity contribution in [2.24, 2.45) is 0 Å². The zero-order valence-corrected chi connectivity index (χ0v) is 11.0. The van der Waals surface area contributed by atoms with Crippen LogP contribution < -0.4 is 5.32 Å². The molecule has 0 aliphatic heterocycles. The Labute approximate surface area is 106 Å². The number of carbonyl (C=O) groups excluding carboxylic acids is 2. The highest BCUT2D eigenvalue weighted by atomic mass is 32.2. The first kappa shape index (κ1) is 13.8. The number of thioether (sulfide) groups is 1. The van der Waals surface area contributed by atoms with Gasteiger partial charge in [0.15, 0.2) is 5.78 Å². The van der Waals surface area contributed by atoms with Gasteiger partial charge in [-0.15, -0.1) is 11.8 Å². The van der Waals surface area contributed by atoms with Crippen molar-refractivity contribution in [2.75, 3.05) is 12.8 Å². The summed E-state index contributed by atoms with van der Waals surface area (Å²) in [6, 6.07) is 7.58. The van der Waals surface area contributed by atoms with Crippen LogP contribution in [0.25, 0.3) is 0 Å². The topological polar surface area (TPSA) is 46.2 Å². The fourth-order valence-corrected chi connectivity index (χ4v) is 2.26. The van der Waals surface area contributed by atoms with Gasteiger partial charge in [-0.2, -0.15) is 0 Å². The molecule has 1 aromatic carbocycles. The maximum Gasteiger partial charge on any atom is 0.219 e. The Morgan fingerprint density at radius 2 is 2.12 bits per heavy atom. The minimum atomic E-state index is 0.0723. The zero-order chi connectivity index (χ0) is 12.7. The van der Waals surface area contributed by atoms with E-state index in [0.29, 0.717) is 6.42 Å². The molecule has 0 aromatic heterocycles. The predicted molar refractivity (Wildman–Crippen MR) is 70.5 cm³/mol. The Kier molecular flexibility index (Phi) is 5.77. The number of nitrogens with one attached hydrogen (secondary N) is 1. The van der Waals surface area contributed by atoms with Crippen LogP contribution in [0.15, 0.2) is 29.2 Å². The van der Waals surface area contributed by atoms with Gasteiger partial charge < -0.3 is 5.32 Å². The second-order valence-electron chi connectivity index (χ2n) is 3.71. The Hall–Kier alpha value is -1.29. The number of amides is 1. The summed E-state index contributed by atoms with van der Waals surface area (Å²) in [5.41, 5.74) is 0.737. The molecule has 0 aliphatic rings. The second kappa shape index (κ2) is 7.12. The van der Waals surface area contributed by atoms with Crippen LogP contribution in [0.5, 0.6) is 0 Å². The molecule has 0 radical (unpaired) electrons. The van der Waals surface area contributed by atoms with Crippen molar-refractivity contribution < 1.29 is 9.59 Å². The smallest absolute Gasteiger partial charge is 0.219 e. The quantitative estimate of drug-likeness (QED) is 0.480. The van der Waals surface area contributed by atoms with Crippen LogP contribution in [0.1, 0.15) is 30.1 Å². The van der Waals surface area contributed by atoms with Gasteiger partial charge in [0.05, 0.1) is 0 Å². The standard InChI is InChI=1S/C13H17NO2S/c1-10(15)11-5-3-6-12(9-11)17-8-4-7-13(16)14-2/h3,5-6,9H,4,7-8H2,1-2H3,(H,14,16). The Balaban J connectivity index is 2.39. The molecule has 0 heterocycles. The van der Waals surface area contributed by atoms with E-state index in [9.17, 15) is 9.59 Å². The molecule has 0 saturated carbocycles. The largest absolute Gasteiger partial charge is 0.359 e. The predicted octanol–water partition coefficient (Wildman–Crippen LogP) is 2.51.